The fourth-order valence-electron chi connectivity index (χ4n) is 8.96. The molecule has 330 valence electrons. The van der Waals surface area contributed by atoms with Crippen LogP contribution < -0.4 is 26.0 Å². The van der Waals surface area contributed by atoms with Crippen LogP contribution in [0.1, 0.15) is 39.5 Å². The normalized spacial score (nSPS) is 21.1. The third kappa shape index (κ3) is 9.13. The molecular weight excluding hydrogens is 833 g/mol. The summed E-state index contributed by atoms with van der Waals surface area (Å²) in [5.41, 5.74) is -0.183. The molecule has 0 unspecified atom stereocenters. The standard InChI is InChI=1S/C41H48ClF3N12O5/c1-52-33(31-23-56(51-36(31)41(43,44)45)34-5-3-29(21-48-34)53-10-8-46-9-11-53)22-49-37(52)38(60)50-28-2-4-30(32(42)18-28)40(62)55-14-12-54(13-15-55)39(61)27-6-16-57(17-7-27,25-35(58)59)24-26-19-47-20-26/h2-5,18,21-23,26-27,46-47H,6-17,19-20,24-25H2,1H3,(H-,50,58,59,60,62). The molecule has 3 aromatic heterocycles. The largest absolute Gasteiger partial charge is 0.544 e. The van der Waals surface area contributed by atoms with Gasteiger partial charge in [0.2, 0.25) is 5.91 Å². The molecule has 0 radical (unpaired) electrons. The summed E-state index contributed by atoms with van der Waals surface area (Å²) in [6.45, 7) is 8.16. The van der Waals surface area contributed by atoms with Crippen LogP contribution >= 0.6 is 11.6 Å². The summed E-state index contributed by atoms with van der Waals surface area (Å²) in [5, 5.41) is 24.7. The van der Waals surface area contributed by atoms with Crippen molar-refractivity contribution in [2.45, 2.75) is 19.0 Å². The maximum atomic E-state index is 14.3. The van der Waals surface area contributed by atoms with Gasteiger partial charge in [0, 0.05) is 109 Å². The van der Waals surface area contributed by atoms with E-state index in [9.17, 15) is 37.5 Å². The molecule has 4 aromatic rings. The first-order valence-corrected chi connectivity index (χ1v) is 21.1. The van der Waals surface area contributed by atoms with Crippen LogP contribution in [0, 0.1) is 11.8 Å². The second kappa shape index (κ2) is 17.7. The lowest BCUT2D eigenvalue weighted by atomic mass is 9.90. The average Bonchev–Trinajstić information content (AvgIpc) is 3.87. The van der Waals surface area contributed by atoms with Crippen LogP contribution in [-0.4, -0.2) is 154 Å². The van der Waals surface area contributed by atoms with Gasteiger partial charge in [-0.15, -0.1) is 0 Å². The molecule has 3 amide bonds. The van der Waals surface area contributed by atoms with Crippen molar-refractivity contribution < 1.29 is 41.9 Å². The Balaban J connectivity index is 0.875. The average molecular weight is 881 g/mol. The molecular formula is C41H48ClF3N12O5. The maximum Gasteiger partial charge on any atom is 0.435 e. The van der Waals surface area contributed by atoms with Crippen LogP contribution in [0.25, 0.3) is 17.1 Å². The van der Waals surface area contributed by atoms with Crippen molar-refractivity contribution >= 4 is 46.7 Å². The molecule has 4 fully saturated rings. The zero-order valence-electron chi connectivity index (χ0n) is 34.2. The molecule has 4 aliphatic rings. The number of aliphatic carboxylic acids is 1. The van der Waals surface area contributed by atoms with E-state index in [2.05, 4.69) is 35.9 Å². The number of imidazole rings is 1. The second-order valence-electron chi connectivity index (χ2n) is 16.5. The van der Waals surface area contributed by atoms with Gasteiger partial charge in [-0.25, -0.2) is 14.6 Å². The van der Waals surface area contributed by atoms with E-state index in [-0.39, 0.29) is 63.5 Å². The summed E-state index contributed by atoms with van der Waals surface area (Å²) < 4.78 is 45.7. The highest BCUT2D eigenvalue weighted by Crippen LogP contribution is 2.37. The number of hydrogen-bond donors (Lipinski definition) is 3. The molecule has 0 atom stereocenters. The van der Waals surface area contributed by atoms with Crippen molar-refractivity contribution in [3.05, 3.63) is 71.0 Å². The Labute approximate surface area is 360 Å². The highest BCUT2D eigenvalue weighted by Gasteiger charge is 2.42. The molecule has 4 aliphatic heterocycles. The van der Waals surface area contributed by atoms with Gasteiger partial charge in [-0.2, -0.15) is 18.3 Å². The SMILES string of the molecule is Cn1c(-c2cn(-c3ccc(N4CCNCC4)cn3)nc2C(F)(F)F)cnc1C(=O)Nc1ccc(C(=O)N2CCN(C(=O)C3CC[N+](CC(=O)[O-])(CC4CNC4)CC3)CC2)c(Cl)c1. The Morgan fingerprint density at radius 3 is 2.26 bits per heavy atom. The van der Waals surface area contributed by atoms with E-state index >= 15 is 0 Å². The number of nitrogens with zero attached hydrogens (tertiary/aromatic N) is 9. The zero-order chi connectivity index (χ0) is 43.8. The third-order valence-electron chi connectivity index (χ3n) is 12.5. The van der Waals surface area contributed by atoms with Crippen LogP contribution in [0.4, 0.5) is 24.5 Å². The minimum absolute atomic E-state index is 0.00219. The van der Waals surface area contributed by atoms with E-state index in [1.165, 1.54) is 42.2 Å². The Kier molecular flexibility index (Phi) is 12.3. The van der Waals surface area contributed by atoms with Crippen LogP contribution in [0.15, 0.2) is 48.9 Å². The van der Waals surface area contributed by atoms with Crippen molar-refractivity contribution in [1.82, 2.24) is 44.7 Å². The quantitative estimate of drug-likeness (QED) is 0.186. The third-order valence-corrected chi connectivity index (χ3v) is 12.8. The number of carboxylic acids is 1. The van der Waals surface area contributed by atoms with Gasteiger partial charge in [-0.1, -0.05) is 11.6 Å². The number of quaternary nitrogens is 1. The predicted molar refractivity (Wildman–Crippen MR) is 219 cm³/mol. The first-order valence-electron chi connectivity index (χ1n) is 20.7. The van der Waals surface area contributed by atoms with Crippen LogP contribution in [0.2, 0.25) is 5.02 Å². The van der Waals surface area contributed by atoms with Crippen LogP contribution in [-0.2, 0) is 22.8 Å². The predicted octanol–water partition coefficient (Wildman–Crippen LogP) is 1.48. The van der Waals surface area contributed by atoms with E-state index in [0.29, 0.717) is 62.5 Å². The number of aromatic nitrogens is 5. The molecule has 8 rings (SSSR count). The lowest BCUT2D eigenvalue weighted by Gasteiger charge is -2.47. The van der Waals surface area contributed by atoms with Gasteiger partial charge in [-0.3, -0.25) is 14.4 Å². The number of anilines is 2. The Hall–Kier alpha value is -5.57. The minimum atomic E-state index is -4.82. The number of alkyl halides is 3. The molecule has 21 heteroatoms. The summed E-state index contributed by atoms with van der Waals surface area (Å²) in [4.78, 5) is 66.1. The number of carboxylic acid groups (broad SMARTS) is 1. The molecule has 3 N–H and O–H groups in total. The summed E-state index contributed by atoms with van der Waals surface area (Å²) in [5.74, 6) is -1.89. The number of carbonyl (C=O) groups excluding carboxylic acids is 4. The number of amides is 3. The number of piperidine rings is 1. The molecule has 0 saturated carbocycles. The topological polar surface area (TPSA) is 186 Å². The molecule has 17 nitrogen and oxygen atoms in total. The van der Waals surface area contributed by atoms with Gasteiger partial charge < -0.3 is 49.6 Å². The number of hydrogen-bond acceptors (Lipinski definition) is 11. The Morgan fingerprint density at radius 2 is 1.65 bits per heavy atom. The first-order chi connectivity index (χ1) is 29.7. The van der Waals surface area contributed by atoms with Gasteiger partial charge in [0.25, 0.3) is 11.8 Å². The van der Waals surface area contributed by atoms with E-state index in [4.69, 9.17) is 11.6 Å². The van der Waals surface area contributed by atoms with Gasteiger partial charge in [0.05, 0.1) is 65.5 Å². The van der Waals surface area contributed by atoms with Gasteiger partial charge in [0.15, 0.2) is 17.3 Å². The molecule has 0 aliphatic carbocycles. The molecule has 62 heavy (non-hydrogen) atoms. The van der Waals surface area contributed by atoms with Crippen LogP contribution in [0.3, 0.4) is 0 Å². The highest BCUT2D eigenvalue weighted by molar-refractivity contribution is 6.34. The Bertz CT molecular complexity index is 2310. The van der Waals surface area contributed by atoms with Crippen molar-refractivity contribution in [2.24, 2.45) is 18.9 Å². The van der Waals surface area contributed by atoms with Gasteiger partial charge in [-0.05, 0) is 30.3 Å². The van der Waals surface area contributed by atoms with Crippen molar-refractivity contribution in [3.8, 4) is 17.1 Å². The number of pyridine rings is 1. The Morgan fingerprint density at radius 1 is 0.935 bits per heavy atom. The molecule has 4 saturated heterocycles. The molecule has 0 bridgehead atoms. The monoisotopic (exact) mass is 880 g/mol. The smallest absolute Gasteiger partial charge is 0.435 e. The lowest BCUT2D eigenvalue weighted by molar-refractivity contribution is -0.931. The summed E-state index contributed by atoms with van der Waals surface area (Å²) >= 11 is 6.57. The number of rotatable bonds is 11. The van der Waals surface area contributed by atoms with Crippen molar-refractivity contribution in [1.29, 1.82) is 0 Å². The number of likely N-dealkylation sites (tertiary alicyclic amines) is 1. The van der Waals surface area contributed by atoms with Gasteiger partial charge in [0.1, 0.15) is 6.54 Å². The fourth-order valence-corrected chi connectivity index (χ4v) is 9.22. The maximum absolute atomic E-state index is 14.3. The molecule has 7 heterocycles. The number of benzene rings is 1. The van der Waals surface area contributed by atoms with E-state index < -0.39 is 23.7 Å². The number of nitrogens with one attached hydrogen (secondary N) is 3. The van der Waals surface area contributed by atoms with E-state index in [1.807, 2.05) is 0 Å². The van der Waals surface area contributed by atoms with Crippen molar-refractivity contribution in [3.63, 3.8) is 0 Å². The molecule has 1 aromatic carbocycles. The van der Waals surface area contributed by atoms with E-state index in [1.54, 1.807) is 28.1 Å². The second-order valence-corrected chi connectivity index (χ2v) is 16.9. The minimum Gasteiger partial charge on any atom is -0.544 e. The number of carbonyl (C=O) groups is 4. The molecule has 0 spiro atoms. The van der Waals surface area contributed by atoms with Crippen molar-refractivity contribution in [2.75, 3.05) is 102 Å². The zero-order valence-corrected chi connectivity index (χ0v) is 34.9. The fraction of sp³-hybridized carbons (Fsp3) is 0.488. The summed E-state index contributed by atoms with van der Waals surface area (Å²) in [6, 6.07) is 7.78. The number of halogens is 4. The summed E-state index contributed by atoms with van der Waals surface area (Å²) in [7, 11) is 1.42. The lowest BCUT2D eigenvalue weighted by Crippen LogP contribution is -2.63. The first kappa shape index (κ1) is 43.1. The van der Waals surface area contributed by atoms with E-state index in [0.717, 1.165) is 56.2 Å². The highest BCUT2D eigenvalue weighted by atomic mass is 35.5. The van der Waals surface area contributed by atoms with Crippen LogP contribution in [0.5, 0.6) is 0 Å². The summed E-state index contributed by atoms with van der Waals surface area (Å²) in [6.07, 6.45) is 0.350. The van der Waals surface area contributed by atoms with Gasteiger partial charge >= 0.3 is 6.18 Å². The number of piperazine rings is 2.